The molecule has 1 saturated heterocycles. The lowest BCUT2D eigenvalue weighted by Crippen LogP contribution is -2.50. The molecular formula is C24H28N4O6. The molecular weight excluding hydrogens is 440 g/mol. The summed E-state index contributed by atoms with van der Waals surface area (Å²) in [4.78, 5) is 50.7. The standard InChI is InChI=1S/C24H28N4O6/c1-24(2,3)18-13-16(28-19(29)10-11-25-22(28)31)12-17(20(18)33-4)21(30)26-14-6-8-15(9-7-14)27-23(32)34-5/h6-9,12-13H,10-11H2,1-5H3,(H,25,31)(H,26,30)(H,27,32). The third kappa shape index (κ3) is 5.28. The summed E-state index contributed by atoms with van der Waals surface area (Å²) in [6.07, 6.45) is -0.444. The largest absolute Gasteiger partial charge is 0.496 e. The SMILES string of the molecule is COC(=O)Nc1ccc(NC(=O)c2cc(N3C(=O)CCNC3=O)cc(C(C)(C)C)c2OC)cc1. The van der Waals surface area contributed by atoms with E-state index in [1.807, 2.05) is 20.8 Å². The van der Waals surface area contributed by atoms with Crippen molar-refractivity contribution in [2.24, 2.45) is 0 Å². The van der Waals surface area contributed by atoms with E-state index in [1.165, 1.54) is 20.3 Å². The summed E-state index contributed by atoms with van der Waals surface area (Å²) in [7, 11) is 2.73. The summed E-state index contributed by atoms with van der Waals surface area (Å²) in [6, 6.07) is 9.08. The van der Waals surface area contributed by atoms with E-state index in [2.05, 4.69) is 20.7 Å². The van der Waals surface area contributed by atoms with Crippen LogP contribution in [0.2, 0.25) is 0 Å². The summed E-state index contributed by atoms with van der Waals surface area (Å²) in [5.74, 6) is -0.487. The minimum Gasteiger partial charge on any atom is -0.496 e. The number of ether oxygens (including phenoxy) is 2. The Labute approximate surface area is 197 Å². The number of hydrogen-bond acceptors (Lipinski definition) is 6. The van der Waals surface area contributed by atoms with Gasteiger partial charge in [-0.25, -0.2) is 14.5 Å². The molecule has 0 saturated carbocycles. The van der Waals surface area contributed by atoms with Crippen molar-refractivity contribution in [3.63, 3.8) is 0 Å². The summed E-state index contributed by atoms with van der Waals surface area (Å²) in [6.45, 7) is 6.11. The number of imide groups is 1. The second-order valence-corrected chi connectivity index (χ2v) is 8.68. The Kier molecular flexibility index (Phi) is 7.09. The van der Waals surface area contributed by atoms with E-state index < -0.39 is 23.4 Å². The fraction of sp³-hybridized carbons (Fsp3) is 0.333. The topological polar surface area (TPSA) is 126 Å². The van der Waals surface area contributed by atoms with Crippen molar-refractivity contribution in [3.05, 3.63) is 47.5 Å². The Hall–Kier alpha value is -4.08. The van der Waals surface area contributed by atoms with Gasteiger partial charge in [-0.05, 0) is 41.8 Å². The lowest BCUT2D eigenvalue weighted by Gasteiger charge is -2.30. The minimum absolute atomic E-state index is 0.163. The second kappa shape index (κ2) is 9.82. The van der Waals surface area contributed by atoms with Gasteiger partial charge in [0.2, 0.25) is 5.91 Å². The number of methoxy groups -OCH3 is 2. The highest BCUT2D eigenvalue weighted by Crippen LogP contribution is 2.38. The second-order valence-electron chi connectivity index (χ2n) is 8.68. The minimum atomic E-state index is -0.607. The van der Waals surface area contributed by atoms with Gasteiger partial charge in [-0.2, -0.15) is 0 Å². The zero-order valence-corrected chi connectivity index (χ0v) is 19.8. The molecule has 0 aliphatic carbocycles. The van der Waals surface area contributed by atoms with Crippen LogP contribution < -0.4 is 25.6 Å². The van der Waals surface area contributed by atoms with Crippen LogP contribution in [0.25, 0.3) is 0 Å². The summed E-state index contributed by atoms with van der Waals surface area (Å²) in [5, 5.41) is 7.98. The maximum absolute atomic E-state index is 13.3. The maximum atomic E-state index is 13.3. The fourth-order valence-electron chi connectivity index (χ4n) is 3.53. The van der Waals surface area contributed by atoms with Crippen LogP contribution in [0.3, 0.4) is 0 Å². The Balaban J connectivity index is 2.00. The van der Waals surface area contributed by atoms with Crippen LogP contribution in [0.15, 0.2) is 36.4 Å². The number of hydrogen-bond donors (Lipinski definition) is 3. The molecule has 0 bridgehead atoms. The van der Waals surface area contributed by atoms with Gasteiger partial charge in [0.25, 0.3) is 5.91 Å². The summed E-state index contributed by atoms with van der Waals surface area (Å²) < 4.78 is 10.2. The first-order valence-corrected chi connectivity index (χ1v) is 10.6. The van der Waals surface area contributed by atoms with Crippen LogP contribution in [0, 0.1) is 0 Å². The van der Waals surface area contributed by atoms with Gasteiger partial charge < -0.3 is 20.1 Å². The van der Waals surface area contributed by atoms with Crippen LogP contribution in [0.4, 0.5) is 26.7 Å². The van der Waals surface area contributed by atoms with Gasteiger partial charge in [-0.1, -0.05) is 20.8 Å². The first-order chi connectivity index (χ1) is 16.0. The number of amides is 5. The molecule has 34 heavy (non-hydrogen) atoms. The van der Waals surface area contributed by atoms with Gasteiger partial charge in [-0.15, -0.1) is 0 Å². The molecule has 10 nitrogen and oxygen atoms in total. The average Bonchev–Trinajstić information content (AvgIpc) is 2.79. The average molecular weight is 469 g/mol. The van der Waals surface area contributed by atoms with Crippen molar-refractivity contribution in [1.82, 2.24) is 5.32 Å². The fourth-order valence-corrected chi connectivity index (χ4v) is 3.53. The molecule has 10 heteroatoms. The molecule has 180 valence electrons. The highest BCUT2D eigenvalue weighted by atomic mass is 16.5. The van der Waals surface area contributed by atoms with Crippen LogP contribution in [0.5, 0.6) is 5.75 Å². The molecule has 5 amide bonds. The molecule has 0 unspecified atom stereocenters. The first kappa shape index (κ1) is 24.6. The number of nitrogens with zero attached hydrogens (tertiary/aromatic N) is 1. The number of carbonyl (C=O) groups excluding carboxylic acids is 4. The number of nitrogens with one attached hydrogen (secondary N) is 3. The van der Waals surface area contributed by atoms with Gasteiger partial charge in [0.15, 0.2) is 0 Å². The lowest BCUT2D eigenvalue weighted by atomic mass is 9.84. The molecule has 0 spiro atoms. The van der Waals surface area contributed by atoms with E-state index in [0.717, 1.165) is 4.90 Å². The number of rotatable bonds is 5. The molecule has 1 aliphatic rings. The molecule has 1 aliphatic heterocycles. The van der Waals surface area contributed by atoms with E-state index in [9.17, 15) is 19.2 Å². The van der Waals surface area contributed by atoms with Gasteiger partial charge in [-0.3, -0.25) is 14.9 Å². The van der Waals surface area contributed by atoms with Crippen LogP contribution in [-0.4, -0.2) is 44.7 Å². The highest BCUT2D eigenvalue weighted by Gasteiger charge is 2.32. The van der Waals surface area contributed by atoms with Gasteiger partial charge in [0, 0.05) is 29.9 Å². The maximum Gasteiger partial charge on any atom is 0.411 e. The van der Waals surface area contributed by atoms with Crippen LogP contribution in [0.1, 0.15) is 43.1 Å². The van der Waals surface area contributed by atoms with Gasteiger partial charge in [0.05, 0.1) is 25.5 Å². The predicted molar refractivity (Wildman–Crippen MR) is 128 cm³/mol. The quantitative estimate of drug-likeness (QED) is 0.612. The highest BCUT2D eigenvalue weighted by molar-refractivity contribution is 6.17. The molecule has 0 atom stereocenters. The number of benzene rings is 2. The molecule has 3 N–H and O–H groups in total. The molecule has 1 heterocycles. The third-order valence-electron chi connectivity index (χ3n) is 5.23. The van der Waals surface area contributed by atoms with Crippen molar-refractivity contribution in [2.75, 3.05) is 36.3 Å². The molecule has 1 fully saturated rings. The van der Waals surface area contributed by atoms with Crippen LogP contribution >= 0.6 is 0 Å². The van der Waals surface area contributed by atoms with E-state index in [1.54, 1.807) is 30.3 Å². The monoisotopic (exact) mass is 468 g/mol. The van der Waals surface area contributed by atoms with Crippen molar-refractivity contribution in [1.29, 1.82) is 0 Å². The Morgan fingerprint density at radius 3 is 2.15 bits per heavy atom. The zero-order valence-electron chi connectivity index (χ0n) is 19.8. The predicted octanol–water partition coefficient (Wildman–Crippen LogP) is 3.87. The van der Waals surface area contributed by atoms with E-state index in [-0.39, 0.29) is 30.1 Å². The number of carbonyl (C=O) groups is 4. The smallest absolute Gasteiger partial charge is 0.411 e. The molecule has 2 aromatic carbocycles. The summed E-state index contributed by atoms with van der Waals surface area (Å²) in [5.41, 5.74) is 1.64. The zero-order chi connectivity index (χ0) is 25.0. The van der Waals surface area contributed by atoms with Gasteiger partial charge in [0.1, 0.15) is 5.75 Å². The Bertz CT molecular complexity index is 1110. The third-order valence-corrected chi connectivity index (χ3v) is 5.23. The Morgan fingerprint density at radius 1 is 1.00 bits per heavy atom. The van der Waals surface area contributed by atoms with Crippen molar-refractivity contribution in [2.45, 2.75) is 32.6 Å². The summed E-state index contributed by atoms with van der Waals surface area (Å²) >= 11 is 0. The molecule has 2 aromatic rings. The molecule has 0 aromatic heterocycles. The van der Waals surface area contributed by atoms with Crippen molar-refractivity contribution < 1.29 is 28.7 Å². The first-order valence-electron chi connectivity index (χ1n) is 10.6. The Morgan fingerprint density at radius 2 is 1.62 bits per heavy atom. The molecule has 0 radical (unpaired) electrons. The van der Waals surface area contributed by atoms with Gasteiger partial charge >= 0.3 is 12.1 Å². The number of anilines is 3. The van der Waals surface area contributed by atoms with Crippen molar-refractivity contribution in [3.8, 4) is 5.75 Å². The van der Waals surface area contributed by atoms with E-state index in [0.29, 0.717) is 22.7 Å². The van der Waals surface area contributed by atoms with Crippen LogP contribution in [-0.2, 0) is 14.9 Å². The van der Waals surface area contributed by atoms with E-state index >= 15 is 0 Å². The van der Waals surface area contributed by atoms with Crippen molar-refractivity contribution >= 4 is 41.0 Å². The van der Waals surface area contributed by atoms with E-state index in [4.69, 9.17) is 4.74 Å². The molecule has 3 rings (SSSR count). The normalized spacial score (nSPS) is 13.7. The number of urea groups is 1. The lowest BCUT2D eigenvalue weighted by molar-refractivity contribution is -0.118.